The molecule has 0 saturated heterocycles. The molecule has 0 rings (SSSR count). The van der Waals surface area contributed by atoms with Crippen LogP contribution in [0.4, 0.5) is 14.4 Å². The molecule has 14 heteroatoms. The molecule has 0 aliphatic carbocycles. The van der Waals surface area contributed by atoms with Crippen molar-refractivity contribution in [3.8, 4) is 0 Å². The van der Waals surface area contributed by atoms with Crippen LogP contribution >= 0.6 is 0 Å². The van der Waals surface area contributed by atoms with E-state index in [1.807, 2.05) is 0 Å². The van der Waals surface area contributed by atoms with Gasteiger partial charge >= 0.3 is 18.3 Å². The smallest absolute Gasteiger partial charge is 0.407 e. The lowest BCUT2D eigenvalue weighted by atomic mass is 10.1. The van der Waals surface area contributed by atoms with Crippen LogP contribution in [0.5, 0.6) is 0 Å². The quantitative estimate of drug-likeness (QED) is 0.147. The fraction of sp³-hybridized carbons (Fsp3) is 0.792. The predicted octanol–water partition coefficient (Wildman–Crippen LogP) is 1.18. The van der Waals surface area contributed by atoms with Crippen LogP contribution in [0.25, 0.3) is 0 Å². The number of hydrogen-bond donors (Lipinski definition) is 7. The first-order chi connectivity index (χ1) is 17.5. The Kier molecular flexibility index (Phi) is 15.8. The summed E-state index contributed by atoms with van der Waals surface area (Å²) >= 11 is 0. The highest BCUT2D eigenvalue weighted by molar-refractivity contribution is 5.81. The van der Waals surface area contributed by atoms with Gasteiger partial charge in [0.15, 0.2) is 0 Å². The van der Waals surface area contributed by atoms with Crippen LogP contribution < -0.4 is 32.3 Å². The lowest BCUT2D eigenvalue weighted by molar-refractivity contribution is -0.123. The molecule has 0 radical (unpaired) electrons. The van der Waals surface area contributed by atoms with Crippen LogP contribution in [0.1, 0.15) is 73.6 Å². The van der Waals surface area contributed by atoms with E-state index in [0.717, 1.165) is 0 Å². The largest absolute Gasteiger partial charge is 0.465 e. The molecule has 0 saturated carbocycles. The first-order valence-corrected chi connectivity index (χ1v) is 12.7. The van der Waals surface area contributed by atoms with Gasteiger partial charge in [0.25, 0.3) is 0 Å². The first-order valence-electron chi connectivity index (χ1n) is 12.7. The molecule has 0 heterocycles. The summed E-state index contributed by atoms with van der Waals surface area (Å²) in [5, 5.41) is 21.4. The molecule has 5 amide bonds. The second kappa shape index (κ2) is 17.3. The van der Waals surface area contributed by atoms with E-state index >= 15 is 0 Å². The van der Waals surface area contributed by atoms with E-state index in [1.54, 1.807) is 41.5 Å². The number of nitrogens with two attached hydrogens (primary N) is 1. The van der Waals surface area contributed by atoms with Crippen molar-refractivity contribution in [1.29, 1.82) is 0 Å². The fourth-order valence-electron chi connectivity index (χ4n) is 3.02. The Morgan fingerprint density at radius 2 is 1.26 bits per heavy atom. The van der Waals surface area contributed by atoms with E-state index in [-0.39, 0.29) is 44.4 Å². The molecule has 220 valence electrons. The van der Waals surface area contributed by atoms with Crippen molar-refractivity contribution >= 4 is 30.1 Å². The van der Waals surface area contributed by atoms with Gasteiger partial charge in [-0.15, -0.1) is 0 Å². The summed E-state index contributed by atoms with van der Waals surface area (Å²) in [7, 11) is 0. The van der Waals surface area contributed by atoms with Crippen LogP contribution in [-0.2, 0) is 19.1 Å². The summed E-state index contributed by atoms with van der Waals surface area (Å²) in [6.45, 7) is 11.2. The van der Waals surface area contributed by atoms with Crippen LogP contribution in [0.3, 0.4) is 0 Å². The zero-order valence-electron chi connectivity index (χ0n) is 23.4. The summed E-state index contributed by atoms with van der Waals surface area (Å²) in [6, 6.07) is -1.34. The van der Waals surface area contributed by atoms with Gasteiger partial charge in [-0.3, -0.25) is 9.59 Å². The number of ether oxygens (including phenoxy) is 2. The Balaban J connectivity index is 4.60. The number of carbonyl (C=O) groups excluding carboxylic acids is 4. The molecule has 2 atom stereocenters. The van der Waals surface area contributed by atoms with Gasteiger partial charge in [0.1, 0.15) is 11.2 Å². The predicted molar refractivity (Wildman–Crippen MR) is 141 cm³/mol. The first kappa shape index (κ1) is 34.7. The van der Waals surface area contributed by atoms with Crippen molar-refractivity contribution < 1.29 is 38.6 Å². The Morgan fingerprint density at radius 1 is 0.737 bits per heavy atom. The molecular weight excluding hydrogens is 500 g/mol. The molecule has 0 aliphatic rings. The third kappa shape index (κ3) is 20.9. The van der Waals surface area contributed by atoms with Gasteiger partial charge in [0, 0.05) is 38.6 Å². The lowest BCUT2D eigenvalue weighted by Gasteiger charge is -2.24. The van der Waals surface area contributed by atoms with Gasteiger partial charge in [-0.2, -0.15) is 0 Å². The van der Waals surface area contributed by atoms with Crippen molar-refractivity contribution in [1.82, 2.24) is 26.6 Å². The van der Waals surface area contributed by atoms with Gasteiger partial charge in [0.2, 0.25) is 11.8 Å². The summed E-state index contributed by atoms with van der Waals surface area (Å²) in [5.74, 6) is -0.703. The van der Waals surface area contributed by atoms with E-state index in [1.165, 1.54) is 0 Å². The average molecular weight is 547 g/mol. The molecule has 0 fully saturated rings. The number of carboxylic acid groups (broad SMARTS) is 1. The summed E-state index contributed by atoms with van der Waals surface area (Å²) < 4.78 is 10.4. The SMILES string of the molecule is CC(C)(C)OC(=O)NCCNC(=O)C[C@H](CCCNC(=O)[C@@H](N)CCCNC(=O)O)NC(=O)OC(C)(C)C. The van der Waals surface area contributed by atoms with Crippen LogP contribution in [0, 0.1) is 0 Å². The van der Waals surface area contributed by atoms with Crippen molar-refractivity contribution in [2.24, 2.45) is 5.73 Å². The topological polar surface area (TPSA) is 210 Å². The average Bonchev–Trinajstić information content (AvgIpc) is 2.74. The maximum atomic E-state index is 12.4. The standard InChI is InChI=1S/C24H46N6O8/c1-23(2,3)37-21(35)29-14-13-26-18(31)15-16(30-22(36)38-24(4,5)6)9-7-11-27-19(32)17(25)10-8-12-28-20(33)34/h16-17,28H,7-15,25H2,1-6H3,(H,26,31)(H,27,32)(H,29,35)(H,30,36)(H,33,34)/t16-,17-/m0/s1. The third-order valence-electron chi connectivity index (χ3n) is 4.60. The molecule has 0 spiro atoms. The maximum absolute atomic E-state index is 12.4. The van der Waals surface area contributed by atoms with E-state index in [0.29, 0.717) is 25.7 Å². The van der Waals surface area contributed by atoms with E-state index in [4.69, 9.17) is 20.3 Å². The highest BCUT2D eigenvalue weighted by atomic mass is 16.6. The number of alkyl carbamates (subject to hydrolysis) is 2. The van der Waals surface area contributed by atoms with Crippen molar-refractivity contribution in [3.63, 3.8) is 0 Å². The van der Waals surface area contributed by atoms with Gasteiger partial charge < -0.3 is 46.9 Å². The minimum absolute atomic E-state index is 0.0320. The van der Waals surface area contributed by atoms with Crippen molar-refractivity contribution in [3.05, 3.63) is 0 Å². The van der Waals surface area contributed by atoms with Gasteiger partial charge in [-0.1, -0.05) is 0 Å². The number of hydrogen-bond acceptors (Lipinski definition) is 8. The zero-order valence-corrected chi connectivity index (χ0v) is 23.4. The Hall–Kier alpha value is -3.29. The molecule has 38 heavy (non-hydrogen) atoms. The fourth-order valence-corrected chi connectivity index (χ4v) is 3.02. The second-order valence-corrected chi connectivity index (χ2v) is 10.7. The number of carbonyl (C=O) groups is 5. The highest BCUT2D eigenvalue weighted by Crippen LogP contribution is 2.09. The molecule has 8 N–H and O–H groups in total. The molecule has 0 aromatic heterocycles. The molecule has 0 bridgehead atoms. The lowest BCUT2D eigenvalue weighted by Crippen LogP contribution is -2.44. The summed E-state index contributed by atoms with van der Waals surface area (Å²) in [4.78, 5) is 58.9. The van der Waals surface area contributed by atoms with Crippen LogP contribution in [0.15, 0.2) is 0 Å². The number of rotatable bonds is 15. The molecule has 0 aromatic carbocycles. The molecule has 0 aliphatic heterocycles. The second-order valence-electron chi connectivity index (χ2n) is 10.7. The van der Waals surface area contributed by atoms with E-state index < -0.39 is 41.6 Å². The minimum Gasteiger partial charge on any atom is -0.465 e. The Bertz CT molecular complexity index is 779. The Labute approximate surface area is 224 Å². The van der Waals surface area contributed by atoms with Gasteiger partial charge in [-0.25, -0.2) is 14.4 Å². The Morgan fingerprint density at radius 3 is 1.84 bits per heavy atom. The van der Waals surface area contributed by atoms with Crippen LogP contribution in [0.2, 0.25) is 0 Å². The maximum Gasteiger partial charge on any atom is 0.407 e. The highest BCUT2D eigenvalue weighted by Gasteiger charge is 2.22. The minimum atomic E-state index is -1.14. The number of amides is 5. The summed E-state index contributed by atoms with van der Waals surface area (Å²) in [6.07, 6.45) is -0.853. The normalized spacial score (nSPS) is 12.9. The molecule has 0 aromatic rings. The van der Waals surface area contributed by atoms with E-state index in [2.05, 4.69) is 26.6 Å². The van der Waals surface area contributed by atoms with Crippen LogP contribution in [-0.4, -0.2) is 84.7 Å². The third-order valence-corrected chi connectivity index (χ3v) is 4.60. The van der Waals surface area contributed by atoms with Crippen molar-refractivity contribution in [2.45, 2.75) is 96.9 Å². The van der Waals surface area contributed by atoms with Gasteiger partial charge in [0.05, 0.1) is 6.04 Å². The number of nitrogens with one attached hydrogen (secondary N) is 5. The zero-order chi connectivity index (χ0) is 29.4. The molecule has 14 nitrogen and oxygen atoms in total. The molecule has 0 unspecified atom stereocenters. The van der Waals surface area contributed by atoms with Gasteiger partial charge in [-0.05, 0) is 67.2 Å². The monoisotopic (exact) mass is 546 g/mol. The summed E-state index contributed by atoms with van der Waals surface area (Å²) in [5.41, 5.74) is 4.48. The van der Waals surface area contributed by atoms with E-state index in [9.17, 15) is 24.0 Å². The van der Waals surface area contributed by atoms with Crippen molar-refractivity contribution in [2.75, 3.05) is 26.2 Å². The molecular formula is C24H46N6O8.